The highest BCUT2D eigenvalue weighted by Crippen LogP contribution is 2.38. The largest absolute Gasteiger partial charge is 0.503 e. The lowest BCUT2D eigenvalue weighted by atomic mass is 10.1. The zero-order chi connectivity index (χ0) is 15.7. The van der Waals surface area contributed by atoms with Gasteiger partial charge in [0.05, 0.1) is 17.2 Å². The first-order valence-corrected chi connectivity index (χ1v) is 7.29. The van der Waals surface area contributed by atoms with Crippen LogP contribution in [0, 0.1) is 0 Å². The third-order valence-corrected chi connectivity index (χ3v) is 3.72. The first kappa shape index (κ1) is 14.5. The lowest BCUT2D eigenvalue weighted by molar-refractivity contribution is 0.0935. The van der Waals surface area contributed by atoms with Gasteiger partial charge in [-0.1, -0.05) is 23.7 Å². The molecule has 114 valence electrons. The van der Waals surface area contributed by atoms with Crippen LogP contribution in [0.3, 0.4) is 0 Å². The Bertz CT molecular complexity index is 733. The second kappa shape index (κ2) is 5.77. The summed E-state index contributed by atoms with van der Waals surface area (Å²) in [6.07, 6.45) is -0.445. The maximum absolute atomic E-state index is 12.2. The van der Waals surface area contributed by atoms with E-state index in [0.29, 0.717) is 23.5 Å². The number of para-hydroxylation sites is 1. The maximum Gasteiger partial charge on any atom is 0.255 e. The Morgan fingerprint density at radius 1 is 1.27 bits per heavy atom. The molecule has 0 spiro atoms. The number of phenols is 1. The Morgan fingerprint density at radius 2 is 2.05 bits per heavy atom. The number of amides is 1. The van der Waals surface area contributed by atoms with E-state index in [0.717, 1.165) is 5.69 Å². The van der Waals surface area contributed by atoms with Crippen molar-refractivity contribution in [1.82, 2.24) is 5.32 Å². The maximum atomic E-state index is 12.2. The molecule has 2 aromatic rings. The van der Waals surface area contributed by atoms with Crippen LogP contribution in [-0.4, -0.2) is 17.6 Å². The highest BCUT2D eigenvalue weighted by Gasteiger charge is 2.25. The van der Waals surface area contributed by atoms with Gasteiger partial charge in [0.15, 0.2) is 11.5 Å². The molecule has 1 heterocycles. The highest BCUT2D eigenvalue weighted by molar-refractivity contribution is 6.32. The van der Waals surface area contributed by atoms with Crippen molar-refractivity contribution in [2.75, 3.05) is 11.9 Å². The molecule has 1 amide bonds. The first-order chi connectivity index (χ1) is 10.6. The molecule has 0 fully saturated rings. The highest BCUT2D eigenvalue weighted by atomic mass is 35.5. The summed E-state index contributed by atoms with van der Waals surface area (Å²) < 4.78 is 5.37. The number of fused-ring (bicyclic) bond motifs is 1. The number of anilines is 1. The lowest BCUT2D eigenvalue weighted by Gasteiger charge is -2.28. The summed E-state index contributed by atoms with van der Waals surface area (Å²) in [6.45, 7) is 2.22. The van der Waals surface area contributed by atoms with Gasteiger partial charge in [-0.05, 0) is 36.8 Å². The van der Waals surface area contributed by atoms with Crippen LogP contribution in [0.5, 0.6) is 11.5 Å². The number of carbonyl (C=O) groups excluding carboxylic acids is 1. The summed E-state index contributed by atoms with van der Waals surface area (Å²) in [6, 6.07) is 10.5. The number of carbonyl (C=O) groups is 1. The van der Waals surface area contributed by atoms with E-state index in [-0.39, 0.29) is 16.7 Å². The first-order valence-electron chi connectivity index (χ1n) is 6.91. The van der Waals surface area contributed by atoms with E-state index in [2.05, 4.69) is 10.6 Å². The second-order valence-electron chi connectivity index (χ2n) is 4.88. The van der Waals surface area contributed by atoms with Gasteiger partial charge in [-0.25, -0.2) is 0 Å². The lowest BCUT2D eigenvalue weighted by Crippen LogP contribution is -2.38. The van der Waals surface area contributed by atoms with Crippen molar-refractivity contribution in [2.45, 2.75) is 13.1 Å². The zero-order valence-electron chi connectivity index (χ0n) is 11.9. The Hall–Kier alpha value is -2.40. The fourth-order valence-corrected chi connectivity index (χ4v) is 2.62. The van der Waals surface area contributed by atoms with E-state index >= 15 is 0 Å². The van der Waals surface area contributed by atoms with Gasteiger partial charge in [0.2, 0.25) is 0 Å². The van der Waals surface area contributed by atoms with Crippen LogP contribution in [-0.2, 0) is 0 Å². The summed E-state index contributed by atoms with van der Waals surface area (Å²) in [5.74, 6) is 0.0243. The predicted octanol–water partition coefficient (Wildman–Crippen LogP) is 3.30. The number of halogens is 1. The standard InChI is InChI=1S/C16H15ClN2O3/c1-2-22-13-8-9(7-11(17)14(13)20)15-18-12-6-4-3-5-10(12)16(21)19-15/h3-8,15,18,20H,2H2,1H3,(H,19,21)/t15-/m1/s1. The Kier molecular flexibility index (Phi) is 3.81. The van der Waals surface area contributed by atoms with E-state index in [9.17, 15) is 9.90 Å². The number of hydrogen-bond acceptors (Lipinski definition) is 4. The molecule has 2 aromatic carbocycles. The fraction of sp³-hybridized carbons (Fsp3) is 0.188. The summed E-state index contributed by atoms with van der Waals surface area (Å²) in [5, 5.41) is 16.2. The Labute approximate surface area is 132 Å². The molecule has 3 rings (SSSR count). The van der Waals surface area contributed by atoms with Crippen molar-refractivity contribution in [3.8, 4) is 11.5 Å². The van der Waals surface area contributed by atoms with Crippen LogP contribution in [0.25, 0.3) is 0 Å². The number of phenolic OH excluding ortho intramolecular Hbond substituents is 1. The topological polar surface area (TPSA) is 70.6 Å². The molecule has 0 aromatic heterocycles. The van der Waals surface area contributed by atoms with Gasteiger partial charge in [0.1, 0.15) is 6.17 Å². The van der Waals surface area contributed by atoms with E-state index in [4.69, 9.17) is 16.3 Å². The molecule has 0 saturated heterocycles. The zero-order valence-corrected chi connectivity index (χ0v) is 12.6. The van der Waals surface area contributed by atoms with Crippen LogP contribution >= 0.6 is 11.6 Å². The van der Waals surface area contributed by atoms with Gasteiger partial charge < -0.3 is 20.5 Å². The molecule has 0 radical (unpaired) electrons. The molecule has 3 N–H and O–H groups in total. The molecule has 0 aliphatic carbocycles. The monoisotopic (exact) mass is 318 g/mol. The van der Waals surface area contributed by atoms with Crippen molar-refractivity contribution in [3.05, 3.63) is 52.5 Å². The fourth-order valence-electron chi connectivity index (χ4n) is 2.40. The number of aromatic hydroxyl groups is 1. The molecular formula is C16H15ClN2O3. The van der Waals surface area contributed by atoms with Gasteiger partial charge in [0, 0.05) is 5.69 Å². The summed E-state index contributed by atoms with van der Waals surface area (Å²) >= 11 is 6.04. The van der Waals surface area contributed by atoms with E-state index in [1.54, 1.807) is 18.2 Å². The number of benzene rings is 2. The van der Waals surface area contributed by atoms with Gasteiger partial charge in [0.25, 0.3) is 5.91 Å². The summed E-state index contributed by atoms with van der Waals surface area (Å²) in [7, 11) is 0. The minimum atomic E-state index is -0.445. The molecule has 22 heavy (non-hydrogen) atoms. The van der Waals surface area contributed by atoms with Crippen molar-refractivity contribution in [2.24, 2.45) is 0 Å². The van der Waals surface area contributed by atoms with Crippen molar-refractivity contribution < 1.29 is 14.6 Å². The van der Waals surface area contributed by atoms with Crippen molar-refractivity contribution in [1.29, 1.82) is 0 Å². The van der Waals surface area contributed by atoms with Crippen LogP contribution in [0.4, 0.5) is 5.69 Å². The van der Waals surface area contributed by atoms with E-state index in [1.807, 2.05) is 25.1 Å². The van der Waals surface area contributed by atoms with Crippen LogP contribution in [0.2, 0.25) is 5.02 Å². The van der Waals surface area contributed by atoms with Gasteiger partial charge in [-0.15, -0.1) is 0 Å². The van der Waals surface area contributed by atoms with E-state index < -0.39 is 6.17 Å². The molecular weight excluding hydrogens is 304 g/mol. The minimum Gasteiger partial charge on any atom is -0.503 e. The number of rotatable bonds is 3. The number of nitrogens with one attached hydrogen (secondary N) is 2. The van der Waals surface area contributed by atoms with E-state index in [1.165, 1.54) is 0 Å². The molecule has 0 unspecified atom stereocenters. The van der Waals surface area contributed by atoms with Crippen molar-refractivity contribution in [3.63, 3.8) is 0 Å². The summed E-state index contributed by atoms with van der Waals surface area (Å²) in [4.78, 5) is 12.2. The number of ether oxygens (including phenoxy) is 1. The summed E-state index contributed by atoms with van der Waals surface area (Å²) in [5.41, 5.74) is 2.04. The molecule has 1 atom stereocenters. The molecule has 0 saturated carbocycles. The van der Waals surface area contributed by atoms with Crippen LogP contribution < -0.4 is 15.4 Å². The SMILES string of the molecule is CCOc1cc([C@H]2NC(=O)c3ccccc3N2)cc(Cl)c1O. The smallest absolute Gasteiger partial charge is 0.255 e. The molecule has 1 aliphatic rings. The number of hydrogen-bond donors (Lipinski definition) is 3. The average Bonchev–Trinajstić information content (AvgIpc) is 2.52. The minimum absolute atomic E-state index is 0.102. The second-order valence-corrected chi connectivity index (χ2v) is 5.29. The third kappa shape index (κ3) is 2.55. The Balaban J connectivity index is 1.97. The Morgan fingerprint density at radius 3 is 2.82 bits per heavy atom. The third-order valence-electron chi connectivity index (χ3n) is 3.43. The normalized spacial score (nSPS) is 16.5. The van der Waals surface area contributed by atoms with Crippen LogP contribution in [0.15, 0.2) is 36.4 Å². The average molecular weight is 319 g/mol. The van der Waals surface area contributed by atoms with Crippen LogP contribution in [0.1, 0.15) is 29.0 Å². The molecule has 5 nitrogen and oxygen atoms in total. The quantitative estimate of drug-likeness (QED) is 0.812. The van der Waals surface area contributed by atoms with Gasteiger partial charge >= 0.3 is 0 Å². The molecule has 0 bridgehead atoms. The van der Waals surface area contributed by atoms with Gasteiger partial charge in [-0.2, -0.15) is 0 Å². The van der Waals surface area contributed by atoms with Gasteiger partial charge in [-0.3, -0.25) is 4.79 Å². The predicted molar refractivity (Wildman–Crippen MR) is 84.6 cm³/mol. The molecule has 6 heteroatoms. The van der Waals surface area contributed by atoms with Crippen molar-refractivity contribution >= 4 is 23.2 Å². The molecule has 1 aliphatic heterocycles.